The highest BCUT2D eigenvalue weighted by Gasteiger charge is 2.66. The molecule has 246 valence electrons. The minimum Gasteiger partial charge on any atom is -0.462 e. The zero-order chi connectivity index (χ0) is 31.4. The first kappa shape index (κ1) is 33.2. The number of carbonyl (C=O) groups excluding carboxylic acids is 2. The van der Waals surface area contributed by atoms with E-state index in [-0.39, 0.29) is 58.3 Å². The Morgan fingerprint density at radius 2 is 1.63 bits per heavy atom. The normalized spacial score (nSPS) is 43.1. The Hall–Kier alpha value is -1.14. The Kier molecular flexibility index (Phi) is 9.45. The van der Waals surface area contributed by atoms with Crippen molar-refractivity contribution in [3.63, 3.8) is 0 Å². The second-order valence-electron chi connectivity index (χ2n) is 17.1. The van der Waals surface area contributed by atoms with E-state index in [1.807, 2.05) is 20.8 Å². The molecule has 7 unspecified atom stereocenters. The zero-order valence-corrected chi connectivity index (χ0v) is 28.3. The first-order chi connectivity index (χ1) is 20.1. The summed E-state index contributed by atoms with van der Waals surface area (Å²) < 4.78 is 12.0. The molecule has 11 atom stereocenters. The molecule has 43 heavy (non-hydrogen) atoms. The van der Waals surface area contributed by atoms with E-state index in [1.165, 1.54) is 6.42 Å². The quantitative estimate of drug-likeness (QED) is 0.278. The standard InChI is InChI=1S/C37H62O6/c1-8-34(3,4)33(41)42-25-16-19-36(6)24(20-25)21-29(38)32-27-14-13-26(37(27,7)30(39)22-28(32)36)23(2)12-15-31(40)43-35(5)17-10-9-11-18-35/h23-30,32,38-39H,8-22H2,1-7H3/t23?,24?,25-,26?,27?,28?,29?,30-,32?,36-,37+/m0/s1. The van der Waals surface area contributed by atoms with Crippen LogP contribution >= 0.6 is 0 Å². The van der Waals surface area contributed by atoms with Gasteiger partial charge in [-0.25, -0.2) is 0 Å². The summed E-state index contributed by atoms with van der Waals surface area (Å²) in [7, 11) is 0. The second kappa shape index (κ2) is 12.2. The molecule has 0 amide bonds. The van der Waals surface area contributed by atoms with E-state index in [0.29, 0.717) is 24.2 Å². The monoisotopic (exact) mass is 602 g/mol. The molecule has 0 saturated heterocycles. The van der Waals surface area contributed by atoms with Crippen molar-refractivity contribution in [1.29, 1.82) is 0 Å². The van der Waals surface area contributed by atoms with Crippen molar-refractivity contribution < 1.29 is 29.3 Å². The molecule has 2 N–H and O–H groups in total. The molecular weight excluding hydrogens is 540 g/mol. The van der Waals surface area contributed by atoms with Crippen LogP contribution in [0.3, 0.4) is 0 Å². The molecule has 0 aliphatic heterocycles. The number of carbonyl (C=O) groups is 2. The van der Waals surface area contributed by atoms with E-state index in [2.05, 4.69) is 27.7 Å². The molecule has 0 heterocycles. The van der Waals surface area contributed by atoms with Crippen LogP contribution in [0.15, 0.2) is 0 Å². The molecule has 0 spiro atoms. The van der Waals surface area contributed by atoms with Gasteiger partial charge in [0.15, 0.2) is 0 Å². The van der Waals surface area contributed by atoms with Gasteiger partial charge in [0.1, 0.15) is 11.7 Å². The van der Waals surface area contributed by atoms with E-state index in [0.717, 1.165) is 83.5 Å². The summed E-state index contributed by atoms with van der Waals surface area (Å²) in [5, 5.41) is 23.7. The number of hydrogen-bond acceptors (Lipinski definition) is 6. The maximum absolute atomic E-state index is 12.9. The fourth-order valence-electron chi connectivity index (χ4n) is 11.0. The van der Waals surface area contributed by atoms with Gasteiger partial charge in [0, 0.05) is 6.42 Å². The molecule has 5 rings (SSSR count). The van der Waals surface area contributed by atoms with Crippen molar-refractivity contribution in [2.24, 2.45) is 51.8 Å². The lowest BCUT2D eigenvalue weighted by atomic mass is 9.43. The summed E-state index contributed by atoms with van der Waals surface area (Å²) in [5.74, 6) is 1.53. The SMILES string of the molecule is CCC(C)(C)C(=O)O[C@H]1CC[C@@]2(C)C(CC(O)C3C2C[C@H](O)[C@]2(C)C(C(C)CCC(=O)OC4(C)CCCCC4)CCC32)C1. The predicted molar refractivity (Wildman–Crippen MR) is 168 cm³/mol. The molecule has 0 aromatic rings. The maximum atomic E-state index is 12.9. The molecule has 6 heteroatoms. The fourth-order valence-corrected chi connectivity index (χ4v) is 11.0. The van der Waals surface area contributed by atoms with Gasteiger partial charge in [-0.1, -0.05) is 34.1 Å². The van der Waals surface area contributed by atoms with E-state index < -0.39 is 11.5 Å². The van der Waals surface area contributed by atoms with Crippen LogP contribution in [0.1, 0.15) is 145 Å². The minimum atomic E-state index is -0.472. The second-order valence-corrected chi connectivity index (χ2v) is 17.1. The Labute approximate surface area is 261 Å². The maximum Gasteiger partial charge on any atom is 0.311 e. The van der Waals surface area contributed by atoms with Crippen LogP contribution in [0.5, 0.6) is 0 Å². The summed E-state index contributed by atoms with van der Waals surface area (Å²) in [6.45, 7) is 15.0. The highest BCUT2D eigenvalue weighted by molar-refractivity contribution is 5.76. The van der Waals surface area contributed by atoms with Gasteiger partial charge in [-0.3, -0.25) is 9.59 Å². The van der Waals surface area contributed by atoms with Crippen LogP contribution in [0.25, 0.3) is 0 Å². The Balaban J connectivity index is 1.24. The van der Waals surface area contributed by atoms with Crippen LogP contribution in [0, 0.1) is 51.8 Å². The topological polar surface area (TPSA) is 93.1 Å². The average Bonchev–Trinajstić information content (AvgIpc) is 3.31. The fraction of sp³-hybridized carbons (Fsp3) is 0.946. The first-order valence-electron chi connectivity index (χ1n) is 17.9. The Morgan fingerprint density at radius 3 is 2.30 bits per heavy atom. The molecule has 5 aliphatic carbocycles. The molecule has 5 saturated carbocycles. The van der Waals surface area contributed by atoms with Gasteiger partial charge >= 0.3 is 11.9 Å². The molecule has 5 fully saturated rings. The highest BCUT2D eigenvalue weighted by atomic mass is 16.6. The predicted octanol–water partition coefficient (Wildman–Crippen LogP) is 7.62. The third kappa shape index (κ3) is 6.07. The summed E-state index contributed by atoms with van der Waals surface area (Å²) in [6.07, 6.45) is 12.8. The van der Waals surface area contributed by atoms with Gasteiger partial charge < -0.3 is 19.7 Å². The van der Waals surface area contributed by atoms with Crippen LogP contribution in [0.4, 0.5) is 0 Å². The molecular formula is C37H62O6. The molecule has 6 nitrogen and oxygen atoms in total. The van der Waals surface area contributed by atoms with Gasteiger partial charge in [-0.05, 0) is 151 Å². The number of hydrogen-bond donors (Lipinski definition) is 2. The van der Waals surface area contributed by atoms with Gasteiger partial charge in [-0.2, -0.15) is 0 Å². The summed E-state index contributed by atoms with van der Waals surface area (Å²) >= 11 is 0. The van der Waals surface area contributed by atoms with Crippen molar-refractivity contribution in [3.8, 4) is 0 Å². The van der Waals surface area contributed by atoms with Crippen molar-refractivity contribution >= 4 is 11.9 Å². The molecule has 0 aromatic carbocycles. The molecule has 5 aliphatic rings. The van der Waals surface area contributed by atoms with Crippen molar-refractivity contribution in [2.45, 2.75) is 169 Å². The van der Waals surface area contributed by atoms with Crippen LogP contribution < -0.4 is 0 Å². The van der Waals surface area contributed by atoms with Gasteiger partial charge in [0.25, 0.3) is 0 Å². The van der Waals surface area contributed by atoms with Crippen molar-refractivity contribution in [2.75, 3.05) is 0 Å². The Bertz CT molecular complexity index is 1020. The van der Waals surface area contributed by atoms with Gasteiger partial charge in [0.2, 0.25) is 0 Å². The highest BCUT2D eigenvalue weighted by Crippen LogP contribution is 2.68. The van der Waals surface area contributed by atoms with Gasteiger partial charge in [0.05, 0.1) is 17.6 Å². The van der Waals surface area contributed by atoms with E-state index in [1.54, 1.807) is 0 Å². The molecule has 0 bridgehead atoms. The van der Waals surface area contributed by atoms with Gasteiger partial charge in [-0.15, -0.1) is 0 Å². The Morgan fingerprint density at radius 1 is 0.930 bits per heavy atom. The van der Waals surface area contributed by atoms with E-state index in [4.69, 9.17) is 9.47 Å². The number of aliphatic hydroxyl groups excluding tert-OH is 2. The third-order valence-corrected chi connectivity index (χ3v) is 14.3. The van der Waals surface area contributed by atoms with Crippen LogP contribution in [-0.2, 0) is 19.1 Å². The third-order valence-electron chi connectivity index (χ3n) is 14.3. The van der Waals surface area contributed by atoms with Crippen LogP contribution in [-0.4, -0.2) is 46.1 Å². The minimum absolute atomic E-state index is 0.0398. The van der Waals surface area contributed by atoms with Crippen LogP contribution in [0.2, 0.25) is 0 Å². The number of rotatable bonds is 8. The lowest BCUT2D eigenvalue weighted by Crippen LogP contribution is -2.62. The summed E-state index contributed by atoms with van der Waals surface area (Å²) in [4.78, 5) is 25.7. The van der Waals surface area contributed by atoms with E-state index in [9.17, 15) is 19.8 Å². The van der Waals surface area contributed by atoms with Crippen molar-refractivity contribution in [1.82, 2.24) is 0 Å². The van der Waals surface area contributed by atoms with E-state index >= 15 is 0 Å². The number of esters is 2. The number of fused-ring (bicyclic) bond motifs is 5. The number of aliphatic hydroxyl groups is 2. The summed E-state index contributed by atoms with van der Waals surface area (Å²) in [6, 6.07) is 0. The smallest absolute Gasteiger partial charge is 0.311 e. The summed E-state index contributed by atoms with van der Waals surface area (Å²) in [5.41, 5.74) is -0.976. The first-order valence-corrected chi connectivity index (χ1v) is 17.9. The lowest BCUT2D eigenvalue weighted by molar-refractivity contribution is -0.210. The molecule has 0 aromatic heterocycles. The van der Waals surface area contributed by atoms with Crippen molar-refractivity contribution in [3.05, 3.63) is 0 Å². The molecule has 0 radical (unpaired) electrons. The zero-order valence-electron chi connectivity index (χ0n) is 28.3. The lowest BCUT2D eigenvalue weighted by Gasteiger charge is -2.63. The average molecular weight is 603 g/mol. The largest absolute Gasteiger partial charge is 0.462 e. The number of ether oxygens (including phenoxy) is 2.